The Labute approximate surface area is 203 Å². The smallest absolute Gasteiger partial charge is 0.378 e. The molecular weight excluding hydrogens is 477 g/mol. The van der Waals surface area contributed by atoms with Crippen LogP contribution in [0.1, 0.15) is 21.7 Å². The monoisotopic (exact) mass is 498 g/mol. The summed E-state index contributed by atoms with van der Waals surface area (Å²) in [5.41, 5.74) is 1.58. The molecule has 0 saturated carbocycles. The van der Waals surface area contributed by atoms with Crippen molar-refractivity contribution in [2.75, 3.05) is 36.5 Å². The summed E-state index contributed by atoms with van der Waals surface area (Å²) in [6.07, 6.45) is -0.634. The van der Waals surface area contributed by atoms with Crippen molar-refractivity contribution in [3.05, 3.63) is 53.7 Å². The third-order valence-electron chi connectivity index (χ3n) is 5.78. The first-order valence-corrected chi connectivity index (χ1v) is 11.0. The fourth-order valence-corrected chi connectivity index (χ4v) is 3.93. The van der Waals surface area contributed by atoms with E-state index in [4.69, 9.17) is 9.72 Å². The standard InChI is InChI=1S/C23H21F3N8O2/c1-13-16(10-15(11-28-13)30-22(35)14-3-4-27-18(9-14)23(24,25)26)20-31-17-12-29-33(2)19(17)21(32-20)34-5-7-36-8-6-34/h3-4,9-12H,5-8H2,1-2H3,(H,30,35). The lowest BCUT2D eigenvalue weighted by Crippen LogP contribution is -2.37. The van der Waals surface area contributed by atoms with E-state index in [-0.39, 0.29) is 11.3 Å². The minimum atomic E-state index is -4.66. The maximum atomic E-state index is 13.0. The number of carbonyl (C=O) groups excluding carboxylic acids is 1. The van der Waals surface area contributed by atoms with Gasteiger partial charge in [-0.1, -0.05) is 0 Å². The molecule has 10 nitrogen and oxygen atoms in total. The van der Waals surface area contributed by atoms with Crippen LogP contribution in [-0.4, -0.2) is 61.9 Å². The van der Waals surface area contributed by atoms with E-state index in [2.05, 4.69) is 30.3 Å². The van der Waals surface area contributed by atoms with E-state index in [0.29, 0.717) is 60.8 Å². The average molecular weight is 498 g/mol. The lowest BCUT2D eigenvalue weighted by molar-refractivity contribution is -0.141. The summed E-state index contributed by atoms with van der Waals surface area (Å²) in [4.78, 5) is 31.9. The van der Waals surface area contributed by atoms with Crippen LogP contribution in [0.15, 0.2) is 36.8 Å². The molecule has 1 saturated heterocycles. The molecule has 0 aromatic carbocycles. The van der Waals surface area contributed by atoms with Crippen LogP contribution in [0.2, 0.25) is 0 Å². The van der Waals surface area contributed by atoms with Gasteiger partial charge in [-0.3, -0.25) is 19.4 Å². The molecule has 1 N–H and O–H groups in total. The zero-order chi connectivity index (χ0) is 25.4. The number of hydrogen-bond acceptors (Lipinski definition) is 8. The number of morpholine rings is 1. The van der Waals surface area contributed by atoms with Gasteiger partial charge in [-0.2, -0.15) is 18.3 Å². The maximum absolute atomic E-state index is 13.0. The Morgan fingerprint density at radius 2 is 1.89 bits per heavy atom. The molecule has 5 rings (SSSR count). The molecule has 0 spiro atoms. The molecule has 36 heavy (non-hydrogen) atoms. The van der Waals surface area contributed by atoms with Crippen molar-refractivity contribution in [3.8, 4) is 11.4 Å². The molecule has 13 heteroatoms. The summed E-state index contributed by atoms with van der Waals surface area (Å²) >= 11 is 0. The van der Waals surface area contributed by atoms with Gasteiger partial charge in [0.2, 0.25) is 0 Å². The number of nitrogens with one attached hydrogen (secondary N) is 1. The summed E-state index contributed by atoms with van der Waals surface area (Å²) in [6, 6.07) is 3.56. The number of pyridine rings is 2. The van der Waals surface area contributed by atoms with Crippen molar-refractivity contribution in [2.45, 2.75) is 13.1 Å². The third kappa shape index (κ3) is 4.56. The first-order chi connectivity index (χ1) is 17.2. The summed E-state index contributed by atoms with van der Waals surface area (Å²) in [5, 5.41) is 6.92. The predicted octanol–water partition coefficient (Wildman–Crippen LogP) is 3.24. The Bertz CT molecular complexity index is 1450. The van der Waals surface area contributed by atoms with E-state index >= 15 is 0 Å². The Morgan fingerprint density at radius 1 is 1.11 bits per heavy atom. The van der Waals surface area contributed by atoms with Crippen molar-refractivity contribution >= 4 is 28.4 Å². The molecule has 186 valence electrons. The Hall–Kier alpha value is -4.13. The van der Waals surface area contributed by atoms with Gasteiger partial charge in [0.15, 0.2) is 11.6 Å². The largest absolute Gasteiger partial charge is 0.433 e. The minimum Gasteiger partial charge on any atom is -0.378 e. The normalized spacial score (nSPS) is 14.3. The molecule has 1 aliphatic rings. The second-order valence-electron chi connectivity index (χ2n) is 8.21. The quantitative estimate of drug-likeness (QED) is 0.457. The molecule has 0 atom stereocenters. The van der Waals surface area contributed by atoms with Gasteiger partial charge in [-0.15, -0.1) is 0 Å². The number of aryl methyl sites for hydroxylation is 2. The molecular formula is C23H21F3N8O2. The summed E-state index contributed by atoms with van der Waals surface area (Å²) in [7, 11) is 1.82. The average Bonchev–Trinajstić information content (AvgIpc) is 3.25. The number of anilines is 2. The lowest BCUT2D eigenvalue weighted by atomic mass is 10.1. The highest BCUT2D eigenvalue weighted by molar-refractivity contribution is 6.04. The third-order valence-corrected chi connectivity index (χ3v) is 5.78. The summed E-state index contributed by atoms with van der Waals surface area (Å²) in [5.74, 6) is 0.377. The number of hydrogen-bond donors (Lipinski definition) is 1. The van der Waals surface area contributed by atoms with Gasteiger partial charge in [0.1, 0.15) is 16.7 Å². The van der Waals surface area contributed by atoms with Crippen LogP contribution >= 0.6 is 0 Å². The fraction of sp³-hybridized carbons (Fsp3) is 0.304. The van der Waals surface area contributed by atoms with Crippen LogP contribution < -0.4 is 10.2 Å². The predicted molar refractivity (Wildman–Crippen MR) is 124 cm³/mol. The number of rotatable bonds is 4. The van der Waals surface area contributed by atoms with E-state index in [9.17, 15) is 18.0 Å². The zero-order valence-corrected chi connectivity index (χ0v) is 19.4. The maximum Gasteiger partial charge on any atom is 0.433 e. The van der Waals surface area contributed by atoms with Gasteiger partial charge in [0.25, 0.3) is 5.91 Å². The van der Waals surface area contributed by atoms with E-state index < -0.39 is 17.8 Å². The van der Waals surface area contributed by atoms with Gasteiger partial charge >= 0.3 is 6.18 Å². The van der Waals surface area contributed by atoms with Gasteiger partial charge in [0.05, 0.1) is 31.3 Å². The van der Waals surface area contributed by atoms with Gasteiger partial charge in [-0.25, -0.2) is 9.97 Å². The number of alkyl halides is 3. The Balaban J connectivity index is 1.50. The molecule has 4 aromatic rings. The molecule has 0 bridgehead atoms. The fourth-order valence-electron chi connectivity index (χ4n) is 3.93. The van der Waals surface area contributed by atoms with E-state index in [1.54, 1.807) is 23.9 Å². The van der Waals surface area contributed by atoms with Crippen molar-refractivity contribution < 1.29 is 22.7 Å². The molecule has 0 aliphatic carbocycles. The SMILES string of the molecule is Cc1ncc(NC(=O)c2ccnc(C(F)(F)F)c2)cc1-c1nc(N2CCOCC2)c2c(cnn2C)n1. The molecule has 1 fully saturated rings. The first-order valence-electron chi connectivity index (χ1n) is 11.0. The number of fused-ring (bicyclic) bond motifs is 1. The molecule has 0 radical (unpaired) electrons. The van der Waals surface area contributed by atoms with Crippen LogP contribution in [0.5, 0.6) is 0 Å². The number of amides is 1. The molecule has 1 amide bonds. The molecule has 5 heterocycles. The van der Waals surface area contributed by atoms with Crippen molar-refractivity contribution in [3.63, 3.8) is 0 Å². The minimum absolute atomic E-state index is 0.179. The zero-order valence-electron chi connectivity index (χ0n) is 19.4. The Morgan fingerprint density at radius 3 is 2.64 bits per heavy atom. The van der Waals surface area contributed by atoms with Crippen molar-refractivity contribution in [1.29, 1.82) is 0 Å². The second-order valence-corrected chi connectivity index (χ2v) is 8.21. The van der Waals surface area contributed by atoms with E-state index in [1.165, 1.54) is 12.3 Å². The van der Waals surface area contributed by atoms with Crippen LogP contribution in [-0.2, 0) is 18.0 Å². The number of halogens is 3. The second kappa shape index (κ2) is 9.15. The first kappa shape index (κ1) is 23.6. The van der Waals surface area contributed by atoms with Crippen LogP contribution in [0.25, 0.3) is 22.4 Å². The van der Waals surface area contributed by atoms with Gasteiger partial charge in [-0.05, 0) is 25.1 Å². The van der Waals surface area contributed by atoms with Gasteiger partial charge in [0, 0.05) is 43.2 Å². The van der Waals surface area contributed by atoms with Crippen molar-refractivity contribution in [1.82, 2.24) is 29.7 Å². The number of carbonyl (C=O) groups is 1. The lowest BCUT2D eigenvalue weighted by Gasteiger charge is -2.28. The van der Waals surface area contributed by atoms with Gasteiger partial charge < -0.3 is 15.0 Å². The summed E-state index contributed by atoms with van der Waals surface area (Å²) in [6.45, 7) is 4.26. The van der Waals surface area contributed by atoms with Crippen LogP contribution in [0.4, 0.5) is 24.7 Å². The Kier molecular flexibility index (Phi) is 6.00. The van der Waals surface area contributed by atoms with E-state index in [0.717, 1.165) is 11.7 Å². The van der Waals surface area contributed by atoms with Crippen LogP contribution in [0.3, 0.4) is 0 Å². The highest BCUT2D eigenvalue weighted by Gasteiger charge is 2.33. The van der Waals surface area contributed by atoms with Crippen molar-refractivity contribution in [2.24, 2.45) is 7.05 Å². The number of ether oxygens (including phenoxy) is 1. The topological polar surface area (TPSA) is 111 Å². The molecule has 1 aliphatic heterocycles. The highest BCUT2D eigenvalue weighted by Crippen LogP contribution is 2.31. The van der Waals surface area contributed by atoms with Crippen LogP contribution in [0, 0.1) is 6.92 Å². The van der Waals surface area contributed by atoms with E-state index in [1.807, 2.05) is 7.05 Å². The highest BCUT2D eigenvalue weighted by atomic mass is 19.4. The number of nitrogens with zero attached hydrogens (tertiary/aromatic N) is 7. The molecule has 0 unspecified atom stereocenters. The summed E-state index contributed by atoms with van der Waals surface area (Å²) < 4.78 is 46.2. The molecule has 4 aromatic heterocycles. The number of aromatic nitrogens is 6.